The van der Waals surface area contributed by atoms with Crippen LogP contribution in [0.2, 0.25) is 0 Å². The summed E-state index contributed by atoms with van der Waals surface area (Å²) in [5.41, 5.74) is 8.74. The standard InChI is InChI=1S/C28H24N6O2/c1-18(31-27(35)24-19(2)32-33-16-8-15-30-26(24)33)23-17-21-10-6-9-20(11-7-14-29)25(21)28(36)34(23)22-12-4-3-5-13-22/h3-6,8-10,12-13,15-18H,14,29H2,1-2H3,(H,31,35)/t18-/m0/s1. The van der Waals surface area contributed by atoms with Crippen LogP contribution in [0.3, 0.4) is 0 Å². The van der Waals surface area contributed by atoms with Gasteiger partial charge in [-0.3, -0.25) is 14.2 Å². The van der Waals surface area contributed by atoms with Crippen molar-refractivity contribution in [2.45, 2.75) is 19.9 Å². The molecular formula is C28H24N6O2. The van der Waals surface area contributed by atoms with Crippen LogP contribution in [-0.2, 0) is 0 Å². The molecule has 36 heavy (non-hydrogen) atoms. The molecule has 3 aromatic heterocycles. The van der Waals surface area contributed by atoms with Crippen LogP contribution in [0.1, 0.15) is 40.3 Å². The maximum atomic E-state index is 13.9. The molecule has 0 radical (unpaired) electrons. The predicted molar refractivity (Wildman–Crippen MR) is 139 cm³/mol. The summed E-state index contributed by atoms with van der Waals surface area (Å²) >= 11 is 0. The Kier molecular flexibility index (Phi) is 6.07. The summed E-state index contributed by atoms with van der Waals surface area (Å²) in [6, 6.07) is 18.1. The third-order valence-corrected chi connectivity index (χ3v) is 6.00. The van der Waals surface area contributed by atoms with E-state index in [0.29, 0.717) is 39.2 Å². The van der Waals surface area contributed by atoms with Gasteiger partial charge in [0, 0.05) is 29.3 Å². The van der Waals surface area contributed by atoms with E-state index in [1.54, 1.807) is 34.5 Å². The first-order valence-corrected chi connectivity index (χ1v) is 11.5. The van der Waals surface area contributed by atoms with Crippen molar-refractivity contribution >= 4 is 22.3 Å². The first-order valence-electron chi connectivity index (χ1n) is 11.5. The molecule has 0 unspecified atom stereocenters. The van der Waals surface area contributed by atoms with Gasteiger partial charge in [0.2, 0.25) is 0 Å². The van der Waals surface area contributed by atoms with Crippen LogP contribution in [0.15, 0.2) is 77.9 Å². The third-order valence-electron chi connectivity index (χ3n) is 6.00. The van der Waals surface area contributed by atoms with Gasteiger partial charge in [0.05, 0.1) is 23.7 Å². The number of carbonyl (C=O) groups is 1. The van der Waals surface area contributed by atoms with Crippen molar-refractivity contribution in [2.24, 2.45) is 5.73 Å². The number of para-hydroxylation sites is 1. The number of nitrogens with two attached hydrogens (primary N) is 1. The Morgan fingerprint density at radius 1 is 1.14 bits per heavy atom. The van der Waals surface area contributed by atoms with E-state index in [2.05, 4.69) is 27.2 Å². The SMILES string of the molecule is Cc1nn2cccnc2c1C(=O)N[C@@H](C)c1cc2cccc(C#CCN)c2c(=O)n1-c1ccccc1. The number of benzene rings is 2. The molecule has 0 bridgehead atoms. The Bertz CT molecular complexity index is 1720. The largest absolute Gasteiger partial charge is 0.344 e. The van der Waals surface area contributed by atoms with Crippen molar-refractivity contribution in [3.63, 3.8) is 0 Å². The number of pyridine rings is 1. The first kappa shape index (κ1) is 23.0. The molecule has 0 saturated heterocycles. The van der Waals surface area contributed by atoms with Gasteiger partial charge in [-0.15, -0.1) is 0 Å². The molecule has 0 saturated carbocycles. The fourth-order valence-corrected chi connectivity index (χ4v) is 4.40. The Hall–Kier alpha value is -4.74. The van der Waals surface area contributed by atoms with Gasteiger partial charge in [-0.05, 0) is 49.6 Å². The highest BCUT2D eigenvalue weighted by Crippen LogP contribution is 2.24. The van der Waals surface area contributed by atoms with Crippen LogP contribution in [-0.4, -0.2) is 31.6 Å². The Morgan fingerprint density at radius 3 is 2.72 bits per heavy atom. The highest BCUT2D eigenvalue weighted by atomic mass is 16.2. The van der Waals surface area contributed by atoms with E-state index in [4.69, 9.17) is 5.73 Å². The zero-order valence-corrected chi connectivity index (χ0v) is 19.9. The van der Waals surface area contributed by atoms with E-state index in [1.807, 2.05) is 61.5 Å². The summed E-state index contributed by atoms with van der Waals surface area (Å²) in [5.74, 6) is 5.54. The molecule has 2 aromatic carbocycles. The second kappa shape index (κ2) is 9.49. The number of carbonyl (C=O) groups excluding carboxylic acids is 1. The number of hydrogen-bond acceptors (Lipinski definition) is 5. The minimum absolute atomic E-state index is 0.197. The molecule has 1 amide bonds. The second-order valence-corrected chi connectivity index (χ2v) is 8.36. The number of amides is 1. The lowest BCUT2D eigenvalue weighted by Crippen LogP contribution is -2.32. The Morgan fingerprint density at radius 2 is 1.94 bits per heavy atom. The predicted octanol–water partition coefficient (Wildman–Crippen LogP) is 3.14. The molecule has 0 fully saturated rings. The molecule has 178 valence electrons. The fraction of sp³-hybridized carbons (Fsp3) is 0.143. The van der Waals surface area contributed by atoms with Gasteiger partial charge in [0.1, 0.15) is 5.56 Å². The smallest absolute Gasteiger partial charge is 0.264 e. The molecule has 0 aliphatic heterocycles. The molecular weight excluding hydrogens is 452 g/mol. The first-order chi connectivity index (χ1) is 17.5. The van der Waals surface area contributed by atoms with Gasteiger partial charge < -0.3 is 11.1 Å². The minimum atomic E-state index is -0.508. The summed E-state index contributed by atoms with van der Waals surface area (Å²) in [5, 5.41) is 8.67. The lowest BCUT2D eigenvalue weighted by molar-refractivity contribution is 0.0939. The summed E-state index contributed by atoms with van der Waals surface area (Å²) in [6.07, 6.45) is 3.37. The fourth-order valence-electron chi connectivity index (χ4n) is 4.40. The average Bonchev–Trinajstić information content (AvgIpc) is 3.23. The minimum Gasteiger partial charge on any atom is -0.344 e. The van der Waals surface area contributed by atoms with Gasteiger partial charge in [-0.1, -0.05) is 42.2 Å². The molecule has 0 aliphatic rings. The number of aromatic nitrogens is 4. The highest BCUT2D eigenvalue weighted by Gasteiger charge is 2.23. The maximum Gasteiger partial charge on any atom is 0.264 e. The number of nitrogens with zero attached hydrogens (tertiary/aromatic N) is 4. The van der Waals surface area contributed by atoms with E-state index in [-0.39, 0.29) is 18.0 Å². The summed E-state index contributed by atoms with van der Waals surface area (Å²) < 4.78 is 3.21. The number of aryl methyl sites for hydroxylation is 1. The number of nitrogens with one attached hydrogen (secondary N) is 1. The van der Waals surface area contributed by atoms with E-state index in [1.165, 1.54) is 0 Å². The topological polar surface area (TPSA) is 107 Å². The third kappa shape index (κ3) is 4.02. The quantitative estimate of drug-likeness (QED) is 0.388. The highest BCUT2D eigenvalue weighted by molar-refractivity contribution is 6.01. The van der Waals surface area contributed by atoms with Crippen LogP contribution in [0.25, 0.3) is 22.1 Å². The number of fused-ring (bicyclic) bond motifs is 2. The van der Waals surface area contributed by atoms with Gasteiger partial charge >= 0.3 is 0 Å². The van der Waals surface area contributed by atoms with Crippen molar-refractivity contribution < 1.29 is 4.79 Å². The van der Waals surface area contributed by atoms with E-state index in [9.17, 15) is 9.59 Å². The monoisotopic (exact) mass is 476 g/mol. The molecule has 5 aromatic rings. The average molecular weight is 477 g/mol. The van der Waals surface area contributed by atoms with Crippen LogP contribution in [0.5, 0.6) is 0 Å². The molecule has 8 nitrogen and oxygen atoms in total. The van der Waals surface area contributed by atoms with Gasteiger partial charge in [0.15, 0.2) is 5.65 Å². The molecule has 8 heteroatoms. The van der Waals surface area contributed by atoms with Gasteiger partial charge in [-0.2, -0.15) is 5.10 Å². The van der Waals surface area contributed by atoms with Crippen LogP contribution in [0.4, 0.5) is 0 Å². The molecule has 3 N–H and O–H groups in total. The van der Waals surface area contributed by atoms with Gasteiger partial charge in [0.25, 0.3) is 11.5 Å². The summed E-state index contributed by atoms with van der Waals surface area (Å²) in [4.78, 5) is 31.6. The van der Waals surface area contributed by atoms with Crippen molar-refractivity contribution in [1.82, 2.24) is 24.5 Å². The normalized spacial score (nSPS) is 11.8. The van der Waals surface area contributed by atoms with Crippen LogP contribution >= 0.6 is 0 Å². The zero-order valence-electron chi connectivity index (χ0n) is 19.9. The van der Waals surface area contributed by atoms with Gasteiger partial charge in [-0.25, -0.2) is 9.50 Å². The van der Waals surface area contributed by atoms with Crippen molar-refractivity contribution in [3.8, 4) is 17.5 Å². The van der Waals surface area contributed by atoms with E-state index >= 15 is 0 Å². The zero-order chi connectivity index (χ0) is 25.2. The second-order valence-electron chi connectivity index (χ2n) is 8.36. The lowest BCUT2D eigenvalue weighted by Gasteiger charge is -2.21. The molecule has 3 heterocycles. The molecule has 1 atom stereocenters. The molecule has 0 spiro atoms. The molecule has 0 aliphatic carbocycles. The number of hydrogen-bond donors (Lipinski definition) is 2. The van der Waals surface area contributed by atoms with E-state index < -0.39 is 6.04 Å². The molecule has 5 rings (SSSR count). The van der Waals surface area contributed by atoms with Crippen molar-refractivity contribution in [3.05, 3.63) is 106 Å². The number of rotatable bonds is 4. The van der Waals surface area contributed by atoms with Crippen molar-refractivity contribution in [1.29, 1.82) is 0 Å². The van der Waals surface area contributed by atoms with Crippen LogP contribution < -0.4 is 16.6 Å². The van der Waals surface area contributed by atoms with E-state index in [0.717, 1.165) is 5.39 Å². The summed E-state index contributed by atoms with van der Waals surface area (Å²) in [6.45, 7) is 3.82. The van der Waals surface area contributed by atoms with Crippen molar-refractivity contribution in [2.75, 3.05) is 6.54 Å². The summed E-state index contributed by atoms with van der Waals surface area (Å²) in [7, 11) is 0. The Labute approximate surface area is 207 Å². The maximum absolute atomic E-state index is 13.9. The Balaban J connectivity index is 1.66. The van der Waals surface area contributed by atoms with Crippen LogP contribution in [0, 0.1) is 18.8 Å². The lowest BCUT2D eigenvalue weighted by atomic mass is 10.0.